The van der Waals surface area contributed by atoms with Crippen molar-refractivity contribution in [1.29, 1.82) is 0 Å². The van der Waals surface area contributed by atoms with Crippen LogP contribution in [0, 0.1) is 19.8 Å². The lowest BCUT2D eigenvalue weighted by Gasteiger charge is -2.50. The average Bonchev–Trinajstić information content (AvgIpc) is 2.70. The number of hydrogen-bond donors (Lipinski definition) is 0. The van der Waals surface area contributed by atoms with E-state index in [-0.39, 0.29) is 12.0 Å². The van der Waals surface area contributed by atoms with E-state index in [1.54, 1.807) is 19.2 Å². The van der Waals surface area contributed by atoms with Crippen LogP contribution >= 0.6 is 0 Å². The van der Waals surface area contributed by atoms with Gasteiger partial charge in [-0.1, -0.05) is 48.6 Å². The molecular formula is C24H25NO3. The maximum atomic E-state index is 13.7. The molecule has 0 radical (unpaired) electrons. The maximum absolute atomic E-state index is 13.7. The minimum atomic E-state index is -1.22. The fraction of sp³-hybridized carbons (Fsp3) is 0.292. The van der Waals surface area contributed by atoms with Gasteiger partial charge in [0.1, 0.15) is 5.75 Å². The van der Waals surface area contributed by atoms with Gasteiger partial charge >= 0.3 is 5.97 Å². The van der Waals surface area contributed by atoms with Gasteiger partial charge in [0, 0.05) is 31.3 Å². The average molecular weight is 375 g/mol. The van der Waals surface area contributed by atoms with E-state index in [2.05, 4.69) is 43.2 Å². The lowest BCUT2D eigenvalue weighted by molar-refractivity contribution is -0.167. The van der Waals surface area contributed by atoms with E-state index in [0.717, 1.165) is 22.4 Å². The van der Waals surface area contributed by atoms with E-state index in [1.165, 1.54) is 0 Å². The molecule has 4 nitrogen and oxygen atoms in total. The van der Waals surface area contributed by atoms with Crippen LogP contribution in [0.2, 0.25) is 0 Å². The van der Waals surface area contributed by atoms with E-state index in [1.807, 2.05) is 37.3 Å². The van der Waals surface area contributed by atoms with E-state index in [4.69, 9.17) is 9.47 Å². The molecule has 0 saturated carbocycles. The molecule has 0 amide bonds. The summed E-state index contributed by atoms with van der Waals surface area (Å²) in [7, 11) is 3.67. The summed E-state index contributed by atoms with van der Waals surface area (Å²) in [6, 6.07) is 13.4. The number of benzene rings is 2. The molecule has 0 spiro atoms. The summed E-state index contributed by atoms with van der Waals surface area (Å²) in [4.78, 5) is 15.9. The first-order chi connectivity index (χ1) is 13.5. The number of carbonyl (C=O) groups excluding carboxylic acids is 1. The van der Waals surface area contributed by atoms with Crippen LogP contribution in [0.3, 0.4) is 0 Å². The molecule has 28 heavy (non-hydrogen) atoms. The Bertz CT molecular complexity index is 963. The van der Waals surface area contributed by atoms with Gasteiger partial charge in [-0.25, -0.2) is 4.79 Å². The third kappa shape index (κ3) is 2.68. The summed E-state index contributed by atoms with van der Waals surface area (Å²) >= 11 is 0. The SMILES string of the molecule is COC1(C(=O)Oc2ccccc2)c2c(C)cc(C)cc2N(C)C2C=CC=CC21. The number of fused-ring (bicyclic) bond motifs is 2. The number of anilines is 1. The summed E-state index contributed by atoms with van der Waals surface area (Å²) < 4.78 is 11.9. The fourth-order valence-corrected chi connectivity index (χ4v) is 4.61. The Labute approximate surface area is 166 Å². The van der Waals surface area contributed by atoms with Crippen molar-refractivity contribution in [3.8, 4) is 5.75 Å². The molecule has 0 saturated heterocycles. The van der Waals surface area contributed by atoms with Gasteiger partial charge in [-0.2, -0.15) is 0 Å². The van der Waals surface area contributed by atoms with Crippen molar-refractivity contribution in [1.82, 2.24) is 0 Å². The summed E-state index contributed by atoms with van der Waals surface area (Å²) in [6.07, 6.45) is 8.18. The van der Waals surface area contributed by atoms with Crippen LogP contribution in [0.25, 0.3) is 0 Å². The lowest BCUT2D eigenvalue weighted by Crippen LogP contribution is -2.58. The Balaban J connectivity index is 1.93. The molecule has 2 aromatic carbocycles. The van der Waals surface area contributed by atoms with Crippen LogP contribution in [0.4, 0.5) is 5.69 Å². The number of nitrogens with zero attached hydrogens (tertiary/aromatic N) is 1. The quantitative estimate of drug-likeness (QED) is 0.592. The summed E-state index contributed by atoms with van der Waals surface area (Å²) in [6.45, 7) is 4.10. The monoisotopic (exact) mass is 375 g/mol. The molecule has 4 heteroatoms. The van der Waals surface area contributed by atoms with Crippen LogP contribution in [-0.4, -0.2) is 26.2 Å². The molecule has 4 rings (SSSR count). The van der Waals surface area contributed by atoms with Crippen LogP contribution in [-0.2, 0) is 15.1 Å². The predicted molar refractivity (Wildman–Crippen MR) is 111 cm³/mol. The molecule has 2 aliphatic rings. The van der Waals surface area contributed by atoms with Crippen molar-refractivity contribution in [3.05, 3.63) is 83.5 Å². The Hall–Kier alpha value is -2.85. The van der Waals surface area contributed by atoms with E-state index in [0.29, 0.717) is 5.75 Å². The number of hydrogen-bond acceptors (Lipinski definition) is 4. The van der Waals surface area contributed by atoms with Gasteiger partial charge in [-0.3, -0.25) is 0 Å². The normalized spacial score (nSPS) is 25.2. The Morgan fingerprint density at radius 1 is 1.07 bits per heavy atom. The molecule has 3 atom stereocenters. The summed E-state index contributed by atoms with van der Waals surface area (Å²) in [5, 5.41) is 0. The van der Waals surface area contributed by atoms with E-state index in [9.17, 15) is 4.79 Å². The Morgan fingerprint density at radius 3 is 2.50 bits per heavy atom. The lowest BCUT2D eigenvalue weighted by atomic mass is 9.69. The van der Waals surface area contributed by atoms with E-state index >= 15 is 0 Å². The Morgan fingerprint density at radius 2 is 1.79 bits per heavy atom. The molecule has 0 aromatic heterocycles. The number of aryl methyl sites for hydroxylation is 2. The Kier molecular flexibility index (Phi) is 4.60. The van der Waals surface area contributed by atoms with Gasteiger partial charge in [-0.15, -0.1) is 0 Å². The van der Waals surface area contributed by atoms with Gasteiger partial charge in [0.15, 0.2) is 0 Å². The predicted octanol–water partition coefficient (Wildman–Crippen LogP) is 4.31. The van der Waals surface area contributed by atoms with Crippen LogP contribution in [0.15, 0.2) is 66.8 Å². The third-order valence-electron chi connectivity index (χ3n) is 5.81. The van der Waals surface area contributed by atoms with Gasteiger partial charge in [-0.05, 0) is 43.2 Å². The van der Waals surface area contributed by atoms with Crippen molar-refractivity contribution in [3.63, 3.8) is 0 Å². The van der Waals surface area contributed by atoms with Crippen molar-refractivity contribution < 1.29 is 14.3 Å². The summed E-state index contributed by atoms with van der Waals surface area (Å²) in [5.41, 5.74) is 2.84. The number of rotatable bonds is 3. The highest BCUT2D eigenvalue weighted by atomic mass is 16.6. The van der Waals surface area contributed by atoms with Crippen LogP contribution < -0.4 is 9.64 Å². The molecular weight excluding hydrogens is 350 g/mol. The molecule has 2 aromatic rings. The zero-order valence-corrected chi connectivity index (χ0v) is 16.7. The number of para-hydroxylation sites is 1. The molecule has 0 fully saturated rings. The number of carbonyl (C=O) groups is 1. The van der Waals surface area contributed by atoms with Gasteiger partial charge in [0.2, 0.25) is 5.60 Å². The smallest absolute Gasteiger partial charge is 0.349 e. The van der Waals surface area contributed by atoms with E-state index < -0.39 is 11.6 Å². The number of esters is 1. The second-order valence-electron chi connectivity index (χ2n) is 7.52. The minimum Gasteiger partial charge on any atom is -0.424 e. The highest BCUT2D eigenvalue weighted by Crippen LogP contribution is 2.50. The number of ether oxygens (including phenoxy) is 2. The van der Waals surface area contributed by atoms with Crippen molar-refractivity contribution in [2.24, 2.45) is 5.92 Å². The molecule has 1 heterocycles. The first-order valence-electron chi connectivity index (χ1n) is 9.51. The minimum absolute atomic E-state index is 0.00183. The number of likely N-dealkylation sites (N-methyl/N-ethyl adjacent to an activating group) is 1. The van der Waals surface area contributed by atoms with Gasteiger partial charge < -0.3 is 14.4 Å². The van der Waals surface area contributed by atoms with Crippen molar-refractivity contribution >= 4 is 11.7 Å². The second-order valence-corrected chi connectivity index (χ2v) is 7.52. The van der Waals surface area contributed by atoms with Gasteiger partial charge in [0.05, 0.1) is 6.04 Å². The van der Waals surface area contributed by atoms with Crippen LogP contribution in [0.1, 0.15) is 16.7 Å². The van der Waals surface area contributed by atoms with Gasteiger partial charge in [0.25, 0.3) is 0 Å². The zero-order chi connectivity index (χ0) is 19.9. The fourth-order valence-electron chi connectivity index (χ4n) is 4.61. The highest BCUT2D eigenvalue weighted by Gasteiger charge is 2.57. The molecule has 0 bridgehead atoms. The first-order valence-corrected chi connectivity index (χ1v) is 9.51. The largest absolute Gasteiger partial charge is 0.424 e. The molecule has 0 N–H and O–H groups in total. The molecule has 1 aliphatic carbocycles. The first kappa shape index (κ1) is 18.5. The van der Waals surface area contributed by atoms with Crippen LogP contribution in [0.5, 0.6) is 5.75 Å². The summed E-state index contributed by atoms with van der Waals surface area (Å²) in [5.74, 6) is -0.0730. The highest BCUT2D eigenvalue weighted by molar-refractivity contribution is 5.89. The number of allylic oxidation sites excluding steroid dienone is 2. The molecule has 144 valence electrons. The topological polar surface area (TPSA) is 38.8 Å². The molecule has 3 unspecified atom stereocenters. The molecule has 1 aliphatic heterocycles. The van der Waals surface area contributed by atoms with Crippen molar-refractivity contribution in [2.45, 2.75) is 25.5 Å². The number of methoxy groups -OCH3 is 1. The van der Waals surface area contributed by atoms with Crippen molar-refractivity contribution in [2.75, 3.05) is 19.1 Å². The zero-order valence-electron chi connectivity index (χ0n) is 16.7. The standard InChI is InChI=1S/C24H25NO3/c1-16-14-17(2)22-21(15-16)25(3)20-13-9-8-12-19(20)24(22,27-4)23(26)28-18-10-6-5-7-11-18/h5-15,19-20H,1-4H3. The maximum Gasteiger partial charge on any atom is 0.349 e. The third-order valence-corrected chi connectivity index (χ3v) is 5.81. The second kappa shape index (κ2) is 6.95.